The molecule has 3 heterocycles. The Kier molecular flexibility index (Phi) is 3.64. The zero-order valence-electron chi connectivity index (χ0n) is 11.9. The molecule has 0 saturated heterocycles. The van der Waals surface area contributed by atoms with Gasteiger partial charge in [-0.05, 0) is 24.3 Å². The summed E-state index contributed by atoms with van der Waals surface area (Å²) in [5.74, 6) is 2.27. The molecule has 104 valence electrons. The summed E-state index contributed by atoms with van der Waals surface area (Å²) < 4.78 is 0. The normalized spacial score (nSPS) is 10.8. The van der Waals surface area contributed by atoms with E-state index in [1.165, 1.54) is 0 Å². The average molecular weight is 277 g/mol. The SMILES string of the molecule is CC(C)c1nc(-c2cccnc2)nc(-c2cccnc2)n1. The van der Waals surface area contributed by atoms with Gasteiger partial charge in [0.25, 0.3) is 0 Å². The minimum atomic E-state index is 0.221. The van der Waals surface area contributed by atoms with E-state index in [1.807, 2.05) is 24.3 Å². The van der Waals surface area contributed by atoms with E-state index < -0.39 is 0 Å². The molecule has 0 aliphatic heterocycles. The van der Waals surface area contributed by atoms with Gasteiger partial charge in [0.2, 0.25) is 0 Å². The summed E-state index contributed by atoms with van der Waals surface area (Å²) in [6.45, 7) is 4.13. The monoisotopic (exact) mass is 277 g/mol. The molecular weight excluding hydrogens is 262 g/mol. The molecule has 0 saturated carbocycles. The Labute approximate surface area is 123 Å². The fourth-order valence-corrected chi connectivity index (χ4v) is 1.90. The van der Waals surface area contributed by atoms with E-state index in [2.05, 4.69) is 38.8 Å². The van der Waals surface area contributed by atoms with Gasteiger partial charge < -0.3 is 0 Å². The Morgan fingerprint density at radius 1 is 0.762 bits per heavy atom. The molecule has 0 amide bonds. The van der Waals surface area contributed by atoms with Crippen molar-refractivity contribution in [1.29, 1.82) is 0 Å². The molecule has 0 bridgehead atoms. The van der Waals surface area contributed by atoms with E-state index >= 15 is 0 Å². The van der Waals surface area contributed by atoms with Crippen molar-refractivity contribution in [2.24, 2.45) is 0 Å². The van der Waals surface area contributed by atoms with Gasteiger partial charge in [0.05, 0.1) is 0 Å². The van der Waals surface area contributed by atoms with Crippen molar-refractivity contribution in [3.05, 3.63) is 54.9 Å². The molecule has 0 radical (unpaired) electrons. The first-order valence-electron chi connectivity index (χ1n) is 6.81. The summed E-state index contributed by atoms with van der Waals surface area (Å²) in [7, 11) is 0. The van der Waals surface area contributed by atoms with Crippen LogP contribution in [0.1, 0.15) is 25.6 Å². The maximum absolute atomic E-state index is 4.55. The van der Waals surface area contributed by atoms with E-state index in [-0.39, 0.29) is 5.92 Å². The summed E-state index contributed by atoms with van der Waals surface area (Å²) in [6.07, 6.45) is 6.98. The lowest BCUT2D eigenvalue weighted by Gasteiger charge is -2.09. The van der Waals surface area contributed by atoms with Gasteiger partial charge in [-0.1, -0.05) is 13.8 Å². The summed E-state index contributed by atoms with van der Waals surface area (Å²) in [5, 5.41) is 0. The number of hydrogen-bond donors (Lipinski definition) is 0. The molecule has 5 heteroatoms. The highest BCUT2D eigenvalue weighted by Gasteiger charge is 2.12. The molecule has 0 aliphatic rings. The number of pyridine rings is 2. The van der Waals surface area contributed by atoms with Crippen LogP contribution in [0.5, 0.6) is 0 Å². The lowest BCUT2D eigenvalue weighted by atomic mass is 10.2. The molecule has 5 nitrogen and oxygen atoms in total. The predicted octanol–water partition coefficient (Wildman–Crippen LogP) is 3.12. The zero-order valence-corrected chi connectivity index (χ0v) is 11.9. The quantitative estimate of drug-likeness (QED) is 0.736. The summed E-state index contributed by atoms with van der Waals surface area (Å²) in [4.78, 5) is 21.9. The first-order valence-corrected chi connectivity index (χ1v) is 6.81. The van der Waals surface area contributed by atoms with Gasteiger partial charge in [0, 0.05) is 41.8 Å². The Morgan fingerprint density at radius 2 is 1.29 bits per heavy atom. The molecular formula is C16H15N5. The van der Waals surface area contributed by atoms with Crippen LogP contribution in [0.3, 0.4) is 0 Å². The van der Waals surface area contributed by atoms with Crippen molar-refractivity contribution >= 4 is 0 Å². The van der Waals surface area contributed by atoms with Crippen molar-refractivity contribution in [2.75, 3.05) is 0 Å². The molecule has 3 aromatic heterocycles. The minimum Gasteiger partial charge on any atom is -0.264 e. The molecule has 0 atom stereocenters. The smallest absolute Gasteiger partial charge is 0.165 e. The van der Waals surface area contributed by atoms with Crippen molar-refractivity contribution in [3.8, 4) is 22.8 Å². The van der Waals surface area contributed by atoms with Crippen LogP contribution in [0.4, 0.5) is 0 Å². The molecule has 0 aromatic carbocycles. The van der Waals surface area contributed by atoms with Crippen LogP contribution in [-0.2, 0) is 0 Å². The first kappa shape index (κ1) is 13.3. The van der Waals surface area contributed by atoms with Crippen LogP contribution < -0.4 is 0 Å². The lowest BCUT2D eigenvalue weighted by molar-refractivity contribution is 0.765. The summed E-state index contributed by atoms with van der Waals surface area (Å²) in [6, 6.07) is 7.63. The second kappa shape index (κ2) is 5.75. The van der Waals surface area contributed by atoms with E-state index in [4.69, 9.17) is 0 Å². The molecule has 0 fully saturated rings. The number of aromatic nitrogens is 5. The number of hydrogen-bond acceptors (Lipinski definition) is 5. The Hall–Kier alpha value is -2.69. The fraction of sp³-hybridized carbons (Fsp3) is 0.188. The second-order valence-electron chi connectivity index (χ2n) is 4.98. The largest absolute Gasteiger partial charge is 0.264 e. The van der Waals surface area contributed by atoms with Crippen molar-refractivity contribution in [2.45, 2.75) is 19.8 Å². The molecule has 0 spiro atoms. The third-order valence-electron chi connectivity index (χ3n) is 3.01. The molecule has 0 unspecified atom stereocenters. The van der Waals surface area contributed by atoms with Crippen LogP contribution in [0.25, 0.3) is 22.8 Å². The highest BCUT2D eigenvalue weighted by atomic mass is 15.0. The summed E-state index contributed by atoms with van der Waals surface area (Å²) in [5.41, 5.74) is 1.76. The van der Waals surface area contributed by atoms with Gasteiger partial charge >= 0.3 is 0 Å². The molecule has 0 N–H and O–H groups in total. The maximum atomic E-state index is 4.55. The van der Waals surface area contributed by atoms with Crippen LogP contribution in [0.2, 0.25) is 0 Å². The van der Waals surface area contributed by atoms with E-state index in [1.54, 1.807) is 24.8 Å². The number of rotatable bonds is 3. The highest BCUT2D eigenvalue weighted by Crippen LogP contribution is 2.21. The van der Waals surface area contributed by atoms with Crippen LogP contribution in [0.15, 0.2) is 49.1 Å². The van der Waals surface area contributed by atoms with Crippen LogP contribution in [0, 0.1) is 0 Å². The van der Waals surface area contributed by atoms with E-state index in [0.29, 0.717) is 11.6 Å². The lowest BCUT2D eigenvalue weighted by Crippen LogP contribution is -2.04. The fourth-order valence-electron chi connectivity index (χ4n) is 1.90. The minimum absolute atomic E-state index is 0.221. The molecule has 3 rings (SSSR count). The third kappa shape index (κ3) is 2.91. The molecule has 0 aliphatic carbocycles. The Balaban J connectivity index is 2.16. The van der Waals surface area contributed by atoms with Gasteiger partial charge in [0.1, 0.15) is 5.82 Å². The van der Waals surface area contributed by atoms with Gasteiger partial charge in [-0.25, -0.2) is 15.0 Å². The standard InChI is InChI=1S/C16H15N5/c1-11(2)14-19-15(12-5-3-7-17-9-12)21-16(20-14)13-6-4-8-18-10-13/h3-11H,1-2H3. The van der Waals surface area contributed by atoms with Gasteiger partial charge in [-0.15, -0.1) is 0 Å². The third-order valence-corrected chi connectivity index (χ3v) is 3.01. The Morgan fingerprint density at radius 3 is 1.67 bits per heavy atom. The van der Waals surface area contributed by atoms with Crippen molar-refractivity contribution in [3.63, 3.8) is 0 Å². The summed E-state index contributed by atoms with van der Waals surface area (Å²) >= 11 is 0. The first-order chi connectivity index (χ1) is 10.2. The average Bonchev–Trinajstić information content (AvgIpc) is 2.56. The van der Waals surface area contributed by atoms with E-state index in [9.17, 15) is 0 Å². The predicted molar refractivity (Wildman–Crippen MR) is 80.4 cm³/mol. The van der Waals surface area contributed by atoms with Crippen molar-refractivity contribution < 1.29 is 0 Å². The van der Waals surface area contributed by atoms with Crippen LogP contribution in [-0.4, -0.2) is 24.9 Å². The van der Waals surface area contributed by atoms with Gasteiger partial charge in [-0.3, -0.25) is 9.97 Å². The zero-order chi connectivity index (χ0) is 14.7. The van der Waals surface area contributed by atoms with Gasteiger partial charge in [-0.2, -0.15) is 0 Å². The number of nitrogens with zero attached hydrogens (tertiary/aromatic N) is 5. The Bertz CT molecular complexity index is 668. The highest BCUT2D eigenvalue weighted by molar-refractivity contribution is 5.59. The maximum Gasteiger partial charge on any atom is 0.165 e. The molecule has 21 heavy (non-hydrogen) atoms. The van der Waals surface area contributed by atoms with Crippen molar-refractivity contribution in [1.82, 2.24) is 24.9 Å². The van der Waals surface area contributed by atoms with Crippen LogP contribution >= 0.6 is 0 Å². The molecule has 3 aromatic rings. The van der Waals surface area contributed by atoms with E-state index in [0.717, 1.165) is 17.0 Å². The second-order valence-corrected chi connectivity index (χ2v) is 4.98. The topological polar surface area (TPSA) is 64.5 Å². The van der Waals surface area contributed by atoms with Gasteiger partial charge in [0.15, 0.2) is 11.6 Å².